The molecule has 0 atom stereocenters. The highest BCUT2D eigenvalue weighted by atomic mass is 14.7. The third-order valence-electron chi connectivity index (χ3n) is 4.91. The maximum atomic E-state index is 4.67. The summed E-state index contributed by atoms with van der Waals surface area (Å²) in [5, 5.41) is 7.87. The van der Waals surface area contributed by atoms with E-state index in [1.54, 1.807) is 0 Å². The van der Waals surface area contributed by atoms with Gasteiger partial charge in [0.1, 0.15) is 0 Å². The zero-order chi connectivity index (χ0) is 16.6. The number of nitrogens with zero attached hydrogens (tertiary/aromatic N) is 1. The Morgan fingerprint density at radius 3 is 2.08 bits per heavy atom. The molecule has 5 rings (SSSR count). The lowest BCUT2D eigenvalue weighted by atomic mass is 9.92. The standard InChI is InChI=1S/C24H17N/c1-2-5-17(6-3-1)15-25-16-21-12-11-20-10-9-18-7-4-8-19-13-14-22(21)24(20)23(18)19/h1-14,16H,15H2. The van der Waals surface area contributed by atoms with Gasteiger partial charge in [-0.2, -0.15) is 0 Å². The van der Waals surface area contributed by atoms with E-state index in [0.717, 1.165) is 0 Å². The van der Waals surface area contributed by atoms with Crippen molar-refractivity contribution in [3.63, 3.8) is 0 Å². The first-order valence-electron chi connectivity index (χ1n) is 8.60. The van der Waals surface area contributed by atoms with Crippen LogP contribution in [0.1, 0.15) is 11.1 Å². The Balaban J connectivity index is 1.66. The van der Waals surface area contributed by atoms with Gasteiger partial charge >= 0.3 is 0 Å². The Morgan fingerprint density at radius 1 is 0.600 bits per heavy atom. The fraction of sp³-hybridized carbons (Fsp3) is 0.0417. The lowest BCUT2D eigenvalue weighted by molar-refractivity contribution is 1.08. The van der Waals surface area contributed by atoms with Crippen molar-refractivity contribution in [3.8, 4) is 0 Å². The molecule has 0 saturated carbocycles. The summed E-state index contributed by atoms with van der Waals surface area (Å²) in [6.45, 7) is 0.711. The lowest BCUT2D eigenvalue weighted by Gasteiger charge is -2.12. The average molecular weight is 319 g/mol. The van der Waals surface area contributed by atoms with Gasteiger partial charge in [0.15, 0.2) is 0 Å². The molecule has 0 N–H and O–H groups in total. The summed E-state index contributed by atoms with van der Waals surface area (Å²) in [5.74, 6) is 0. The second kappa shape index (κ2) is 5.71. The minimum absolute atomic E-state index is 0.711. The van der Waals surface area contributed by atoms with Crippen molar-refractivity contribution in [2.45, 2.75) is 6.54 Å². The van der Waals surface area contributed by atoms with Gasteiger partial charge < -0.3 is 0 Å². The monoisotopic (exact) mass is 319 g/mol. The van der Waals surface area contributed by atoms with Crippen LogP contribution in [0.2, 0.25) is 0 Å². The zero-order valence-corrected chi connectivity index (χ0v) is 13.8. The SMILES string of the molecule is C(=NCc1ccccc1)c1ccc2ccc3cccc4ccc1c2c34. The Kier molecular flexibility index (Phi) is 3.24. The number of hydrogen-bond donors (Lipinski definition) is 0. The summed E-state index contributed by atoms with van der Waals surface area (Å²) in [7, 11) is 0. The molecule has 1 heteroatoms. The Hall–Kier alpha value is -3.19. The highest BCUT2D eigenvalue weighted by Crippen LogP contribution is 2.35. The van der Waals surface area contributed by atoms with Crippen LogP contribution in [-0.4, -0.2) is 6.21 Å². The average Bonchev–Trinajstić information content (AvgIpc) is 2.68. The van der Waals surface area contributed by atoms with E-state index in [9.17, 15) is 0 Å². The van der Waals surface area contributed by atoms with Crippen molar-refractivity contribution in [2.24, 2.45) is 4.99 Å². The maximum Gasteiger partial charge on any atom is 0.0639 e. The normalized spacial score (nSPS) is 12.0. The Bertz CT molecular complexity index is 1190. The minimum atomic E-state index is 0.711. The predicted octanol–water partition coefficient (Wildman–Crippen LogP) is 6.20. The largest absolute Gasteiger partial charge is 0.288 e. The molecular weight excluding hydrogens is 302 g/mol. The smallest absolute Gasteiger partial charge is 0.0639 e. The molecule has 118 valence electrons. The molecule has 5 aromatic rings. The van der Waals surface area contributed by atoms with Crippen LogP contribution < -0.4 is 0 Å². The Morgan fingerprint density at radius 2 is 1.28 bits per heavy atom. The van der Waals surface area contributed by atoms with E-state index in [4.69, 9.17) is 0 Å². The van der Waals surface area contributed by atoms with Crippen molar-refractivity contribution in [1.29, 1.82) is 0 Å². The second-order valence-electron chi connectivity index (χ2n) is 6.47. The molecular formula is C24H17N. The molecule has 0 bridgehead atoms. The van der Waals surface area contributed by atoms with E-state index >= 15 is 0 Å². The van der Waals surface area contributed by atoms with E-state index in [0.29, 0.717) is 6.54 Å². The van der Waals surface area contributed by atoms with E-state index in [1.807, 2.05) is 12.3 Å². The molecule has 0 aliphatic heterocycles. The summed E-state index contributed by atoms with van der Waals surface area (Å²) in [6, 6.07) is 30.2. The first-order chi connectivity index (χ1) is 12.4. The van der Waals surface area contributed by atoms with Gasteiger partial charge in [0.2, 0.25) is 0 Å². The number of aliphatic imine (C=N–C) groups is 1. The van der Waals surface area contributed by atoms with Crippen LogP contribution in [0.5, 0.6) is 0 Å². The summed E-state index contributed by atoms with van der Waals surface area (Å²) in [5.41, 5.74) is 2.41. The first kappa shape index (κ1) is 14.2. The quantitative estimate of drug-likeness (QED) is 0.277. The van der Waals surface area contributed by atoms with Gasteiger partial charge in [-0.25, -0.2) is 0 Å². The molecule has 0 aliphatic rings. The van der Waals surface area contributed by atoms with Gasteiger partial charge in [-0.15, -0.1) is 0 Å². The third-order valence-corrected chi connectivity index (χ3v) is 4.91. The van der Waals surface area contributed by atoms with Crippen LogP contribution in [-0.2, 0) is 6.54 Å². The van der Waals surface area contributed by atoms with E-state index < -0.39 is 0 Å². The van der Waals surface area contributed by atoms with Crippen molar-refractivity contribution in [1.82, 2.24) is 0 Å². The van der Waals surface area contributed by atoms with Crippen molar-refractivity contribution in [3.05, 3.63) is 96.1 Å². The topological polar surface area (TPSA) is 12.4 Å². The molecule has 0 saturated heterocycles. The molecule has 5 aromatic carbocycles. The van der Waals surface area contributed by atoms with Crippen LogP contribution in [0, 0.1) is 0 Å². The van der Waals surface area contributed by atoms with E-state index in [1.165, 1.54) is 43.4 Å². The molecule has 0 fully saturated rings. The van der Waals surface area contributed by atoms with Crippen LogP contribution in [0.3, 0.4) is 0 Å². The van der Waals surface area contributed by atoms with E-state index in [2.05, 4.69) is 83.9 Å². The van der Waals surface area contributed by atoms with Gasteiger partial charge in [0, 0.05) is 11.8 Å². The van der Waals surface area contributed by atoms with Gasteiger partial charge in [-0.3, -0.25) is 4.99 Å². The van der Waals surface area contributed by atoms with Gasteiger partial charge in [0.25, 0.3) is 0 Å². The van der Waals surface area contributed by atoms with Crippen LogP contribution in [0.25, 0.3) is 32.3 Å². The van der Waals surface area contributed by atoms with Gasteiger partial charge in [-0.05, 0) is 37.9 Å². The highest BCUT2D eigenvalue weighted by Gasteiger charge is 2.09. The summed E-state index contributed by atoms with van der Waals surface area (Å²) in [6.07, 6.45) is 2.01. The van der Waals surface area contributed by atoms with Crippen LogP contribution in [0.15, 0.2) is 89.9 Å². The van der Waals surface area contributed by atoms with Gasteiger partial charge in [0.05, 0.1) is 6.54 Å². The molecule has 0 unspecified atom stereocenters. The summed E-state index contributed by atoms with van der Waals surface area (Å²) in [4.78, 5) is 4.67. The molecule has 25 heavy (non-hydrogen) atoms. The number of hydrogen-bond acceptors (Lipinski definition) is 1. The maximum absolute atomic E-state index is 4.67. The molecule has 1 nitrogen and oxygen atoms in total. The van der Waals surface area contributed by atoms with E-state index in [-0.39, 0.29) is 0 Å². The fourth-order valence-corrected chi connectivity index (χ4v) is 3.70. The third kappa shape index (κ3) is 2.36. The highest BCUT2D eigenvalue weighted by molar-refractivity contribution is 6.25. The van der Waals surface area contributed by atoms with Crippen molar-refractivity contribution < 1.29 is 0 Å². The van der Waals surface area contributed by atoms with Crippen LogP contribution in [0.4, 0.5) is 0 Å². The fourth-order valence-electron chi connectivity index (χ4n) is 3.70. The van der Waals surface area contributed by atoms with Crippen LogP contribution >= 0.6 is 0 Å². The number of benzene rings is 5. The predicted molar refractivity (Wildman–Crippen MR) is 108 cm³/mol. The van der Waals surface area contributed by atoms with Crippen molar-refractivity contribution in [2.75, 3.05) is 0 Å². The lowest BCUT2D eigenvalue weighted by Crippen LogP contribution is -1.90. The Labute approximate surface area is 146 Å². The molecule has 0 amide bonds. The van der Waals surface area contributed by atoms with Crippen molar-refractivity contribution >= 4 is 38.5 Å². The minimum Gasteiger partial charge on any atom is -0.288 e. The second-order valence-corrected chi connectivity index (χ2v) is 6.47. The molecule has 0 radical (unpaired) electrons. The zero-order valence-electron chi connectivity index (χ0n) is 13.8. The first-order valence-corrected chi connectivity index (χ1v) is 8.60. The van der Waals surface area contributed by atoms with Gasteiger partial charge in [-0.1, -0.05) is 84.9 Å². The molecule has 0 heterocycles. The summed E-state index contributed by atoms with van der Waals surface area (Å²) >= 11 is 0. The molecule has 0 aromatic heterocycles. The summed E-state index contributed by atoms with van der Waals surface area (Å²) < 4.78 is 0. The molecule has 0 spiro atoms. The molecule has 0 aliphatic carbocycles. The number of rotatable bonds is 3.